The second-order valence-corrected chi connectivity index (χ2v) is 5.42. The zero-order chi connectivity index (χ0) is 14.4. The van der Waals surface area contributed by atoms with Crippen molar-refractivity contribution in [2.75, 3.05) is 11.9 Å². The molecule has 1 aliphatic carbocycles. The topological polar surface area (TPSA) is 66.9 Å². The third-order valence-electron chi connectivity index (χ3n) is 3.98. The highest BCUT2D eigenvalue weighted by Crippen LogP contribution is 2.26. The normalized spacial score (nSPS) is 22.3. The molecule has 2 rings (SSSR count). The van der Waals surface area contributed by atoms with Crippen LogP contribution in [-0.2, 0) is 0 Å². The number of nitrogens with zero attached hydrogens (tertiary/aromatic N) is 2. The van der Waals surface area contributed by atoms with Gasteiger partial charge in [0.05, 0.1) is 12.4 Å². The molecule has 5 heteroatoms. The number of nitrogens with one attached hydrogen (secondary N) is 2. The lowest BCUT2D eigenvalue weighted by Gasteiger charge is -2.28. The van der Waals surface area contributed by atoms with E-state index in [0.717, 1.165) is 25.3 Å². The van der Waals surface area contributed by atoms with Gasteiger partial charge in [0.25, 0.3) is 5.91 Å². The highest BCUT2D eigenvalue weighted by molar-refractivity contribution is 5.92. The Labute approximate surface area is 120 Å². The van der Waals surface area contributed by atoms with E-state index in [-0.39, 0.29) is 11.9 Å². The van der Waals surface area contributed by atoms with Gasteiger partial charge in [0.1, 0.15) is 11.5 Å². The van der Waals surface area contributed by atoms with Gasteiger partial charge in [-0.25, -0.2) is 4.98 Å². The van der Waals surface area contributed by atoms with Gasteiger partial charge in [-0.2, -0.15) is 0 Å². The van der Waals surface area contributed by atoms with E-state index >= 15 is 0 Å². The summed E-state index contributed by atoms with van der Waals surface area (Å²) in [6.45, 7) is 4.99. The first-order valence-corrected chi connectivity index (χ1v) is 7.59. The fourth-order valence-corrected chi connectivity index (χ4v) is 2.72. The van der Waals surface area contributed by atoms with Gasteiger partial charge in [-0.05, 0) is 38.5 Å². The molecule has 1 heterocycles. The van der Waals surface area contributed by atoms with E-state index in [1.165, 1.54) is 25.5 Å². The van der Waals surface area contributed by atoms with Crippen LogP contribution >= 0.6 is 0 Å². The monoisotopic (exact) mass is 276 g/mol. The minimum atomic E-state index is -0.114. The summed E-state index contributed by atoms with van der Waals surface area (Å²) in [6, 6.07) is 0.287. The fraction of sp³-hybridized carbons (Fsp3) is 0.667. The largest absolute Gasteiger partial charge is 0.369 e. The van der Waals surface area contributed by atoms with Gasteiger partial charge in [0.15, 0.2) is 0 Å². The number of rotatable bonds is 5. The number of hydrogen-bond acceptors (Lipinski definition) is 4. The van der Waals surface area contributed by atoms with E-state index in [1.807, 2.05) is 6.92 Å². The van der Waals surface area contributed by atoms with E-state index in [1.54, 1.807) is 6.20 Å². The quantitative estimate of drug-likeness (QED) is 0.867. The van der Waals surface area contributed by atoms with Gasteiger partial charge in [-0.1, -0.05) is 13.3 Å². The molecule has 1 fully saturated rings. The molecule has 1 amide bonds. The molecule has 0 spiro atoms. The van der Waals surface area contributed by atoms with Crippen LogP contribution in [0.15, 0.2) is 12.4 Å². The van der Waals surface area contributed by atoms with Gasteiger partial charge in [-0.15, -0.1) is 0 Å². The number of amides is 1. The lowest BCUT2D eigenvalue weighted by molar-refractivity contribution is 0.0916. The summed E-state index contributed by atoms with van der Waals surface area (Å²) in [5.74, 6) is 1.37. The summed E-state index contributed by atoms with van der Waals surface area (Å²) < 4.78 is 0. The summed E-state index contributed by atoms with van der Waals surface area (Å²) in [4.78, 5) is 20.5. The van der Waals surface area contributed by atoms with Crippen LogP contribution < -0.4 is 10.6 Å². The smallest absolute Gasteiger partial charge is 0.271 e. The van der Waals surface area contributed by atoms with E-state index in [9.17, 15) is 4.79 Å². The van der Waals surface area contributed by atoms with Gasteiger partial charge < -0.3 is 10.6 Å². The molecule has 5 nitrogen and oxygen atoms in total. The van der Waals surface area contributed by atoms with Crippen molar-refractivity contribution in [3.63, 3.8) is 0 Å². The van der Waals surface area contributed by atoms with E-state index < -0.39 is 0 Å². The Morgan fingerprint density at radius 1 is 1.25 bits per heavy atom. The van der Waals surface area contributed by atoms with Crippen LogP contribution in [0.2, 0.25) is 0 Å². The van der Waals surface area contributed by atoms with Crippen LogP contribution in [0.5, 0.6) is 0 Å². The van der Waals surface area contributed by atoms with Crippen molar-refractivity contribution in [1.82, 2.24) is 15.3 Å². The molecule has 0 aromatic carbocycles. The molecular weight excluding hydrogens is 252 g/mol. The van der Waals surface area contributed by atoms with Crippen molar-refractivity contribution < 1.29 is 4.79 Å². The molecule has 1 aromatic heterocycles. The van der Waals surface area contributed by atoms with E-state index in [0.29, 0.717) is 11.5 Å². The second-order valence-electron chi connectivity index (χ2n) is 5.42. The van der Waals surface area contributed by atoms with Gasteiger partial charge in [-0.3, -0.25) is 9.78 Å². The summed E-state index contributed by atoms with van der Waals surface area (Å²) in [7, 11) is 0. The molecule has 2 N–H and O–H groups in total. The average Bonchev–Trinajstić information content (AvgIpc) is 2.48. The molecule has 0 aliphatic heterocycles. The Morgan fingerprint density at radius 2 is 2.00 bits per heavy atom. The predicted octanol–water partition coefficient (Wildman–Crippen LogP) is 2.61. The molecule has 20 heavy (non-hydrogen) atoms. The Balaban J connectivity index is 1.90. The molecule has 1 saturated carbocycles. The molecule has 0 unspecified atom stereocenters. The maximum Gasteiger partial charge on any atom is 0.271 e. The number of aromatic nitrogens is 2. The second kappa shape index (κ2) is 7.22. The minimum Gasteiger partial charge on any atom is -0.369 e. The number of anilines is 1. The molecule has 0 atom stereocenters. The van der Waals surface area contributed by atoms with Crippen LogP contribution in [-0.4, -0.2) is 28.5 Å². The van der Waals surface area contributed by atoms with E-state index in [4.69, 9.17) is 0 Å². The lowest BCUT2D eigenvalue weighted by atomic mass is 9.84. The standard InChI is InChI=1S/C15H24N4O/c1-3-11-5-7-12(8-6-11)18-15(20)13-9-16-10-14(19-13)17-4-2/h9-12H,3-8H2,1-2H3,(H,17,19)(H,18,20). The summed E-state index contributed by atoms with van der Waals surface area (Å²) in [5.41, 5.74) is 0.390. The third kappa shape index (κ3) is 3.92. The first-order valence-electron chi connectivity index (χ1n) is 7.59. The van der Waals surface area contributed by atoms with Crippen molar-refractivity contribution in [2.45, 2.75) is 52.0 Å². The van der Waals surface area contributed by atoms with Crippen molar-refractivity contribution >= 4 is 11.7 Å². The number of hydrogen-bond donors (Lipinski definition) is 2. The predicted molar refractivity (Wildman–Crippen MR) is 79.7 cm³/mol. The Kier molecular flexibility index (Phi) is 5.32. The third-order valence-corrected chi connectivity index (χ3v) is 3.98. The Hall–Kier alpha value is -1.65. The average molecular weight is 276 g/mol. The van der Waals surface area contributed by atoms with Gasteiger partial charge in [0.2, 0.25) is 0 Å². The number of carbonyl (C=O) groups is 1. The maximum atomic E-state index is 12.2. The molecule has 1 aliphatic rings. The van der Waals surface area contributed by atoms with Gasteiger partial charge in [0, 0.05) is 12.6 Å². The van der Waals surface area contributed by atoms with Crippen LogP contribution in [0.3, 0.4) is 0 Å². The van der Waals surface area contributed by atoms with Crippen LogP contribution in [0, 0.1) is 5.92 Å². The van der Waals surface area contributed by atoms with Crippen LogP contribution in [0.1, 0.15) is 56.4 Å². The van der Waals surface area contributed by atoms with Crippen molar-refractivity contribution in [3.8, 4) is 0 Å². The zero-order valence-electron chi connectivity index (χ0n) is 12.4. The summed E-state index contributed by atoms with van der Waals surface area (Å²) in [6.07, 6.45) is 8.97. The SMILES string of the molecule is CCNc1cncc(C(=O)NC2CCC(CC)CC2)n1. The van der Waals surface area contributed by atoms with Gasteiger partial charge >= 0.3 is 0 Å². The molecule has 110 valence electrons. The van der Waals surface area contributed by atoms with E-state index in [2.05, 4.69) is 27.5 Å². The molecule has 0 radical (unpaired) electrons. The fourth-order valence-electron chi connectivity index (χ4n) is 2.72. The number of carbonyl (C=O) groups excluding carboxylic acids is 1. The lowest BCUT2D eigenvalue weighted by Crippen LogP contribution is -2.38. The van der Waals surface area contributed by atoms with Crippen molar-refractivity contribution in [1.29, 1.82) is 0 Å². The molecule has 0 saturated heterocycles. The van der Waals surface area contributed by atoms with Crippen molar-refractivity contribution in [3.05, 3.63) is 18.1 Å². The maximum absolute atomic E-state index is 12.2. The molecular formula is C15H24N4O. The first-order chi connectivity index (χ1) is 9.72. The van der Waals surface area contributed by atoms with Crippen LogP contribution in [0.25, 0.3) is 0 Å². The summed E-state index contributed by atoms with van der Waals surface area (Å²) >= 11 is 0. The molecule has 0 bridgehead atoms. The Bertz CT molecular complexity index is 441. The Morgan fingerprint density at radius 3 is 2.65 bits per heavy atom. The highest BCUT2D eigenvalue weighted by atomic mass is 16.1. The zero-order valence-corrected chi connectivity index (χ0v) is 12.4. The summed E-state index contributed by atoms with van der Waals surface area (Å²) in [5, 5.41) is 6.15. The minimum absolute atomic E-state index is 0.114. The van der Waals surface area contributed by atoms with Crippen LogP contribution in [0.4, 0.5) is 5.82 Å². The van der Waals surface area contributed by atoms with Crippen molar-refractivity contribution in [2.24, 2.45) is 5.92 Å². The first kappa shape index (κ1) is 14.8. The molecule has 1 aromatic rings. The highest BCUT2D eigenvalue weighted by Gasteiger charge is 2.22.